The van der Waals surface area contributed by atoms with Crippen LogP contribution >= 0.6 is 0 Å². The average molecular weight is 561 g/mol. The van der Waals surface area contributed by atoms with E-state index in [-0.39, 0.29) is 36.6 Å². The van der Waals surface area contributed by atoms with Crippen molar-refractivity contribution in [1.82, 2.24) is 10.2 Å². The van der Waals surface area contributed by atoms with Crippen LogP contribution in [0.1, 0.15) is 62.6 Å². The van der Waals surface area contributed by atoms with Gasteiger partial charge < -0.3 is 19.7 Å². The van der Waals surface area contributed by atoms with Crippen LogP contribution in [0.4, 0.5) is 4.39 Å². The highest BCUT2D eigenvalue weighted by Crippen LogP contribution is 2.29. The predicted octanol–water partition coefficient (Wildman–Crippen LogP) is 6.25. The predicted molar refractivity (Wildman–Crippen MR) is 158 cm³/mol. The average Bonchev–Trinajstić information content (AvgIpc) is 3.49. The van der Waals surface area contributed by atoms with Gasteiger partial charge in [-0.15, -0.1) is 0 Å². The number of amides is 2. The van der Waals surface area contributed by atoms with E-state index in [1.54, 1.807) is 17.0 Å². The molecule has 1 N–H and O–H groups in total. The third kappa shape index (κ3) is 8.81. The lowest BCUT2D eigenvalue weighted by molar-refractivity contribution is -0.141. The SMILES string of the molecule is CCOc1ccc(CCC(=O)N(Cc2ccc(F)cc2)C(Cc2ccccc2)C(=O)NC2CCCC2)cc1OCC. The molecule has 0 heterocycles. The van der Waals surface area contributed by atoms with E-state index in [1.165, 1.54) is 12.1 Å². The number of carbonyl (C=O) groups is 2. The van der Waals surface area contributed by atoms with Gasteiger partial charge in [0.1, 0.15) is 11.9 Å². The van der Waals surface area contributed by atoms with E-state index in [0.717, 1.165) is 42.4 Å². The minimum absolute atomic E-state index is 0.129. The number of hydrogen-bond donors (Lipinski definition) is 1. The van der Waals surface area contributed by atoms with E-state index < -0.39 is 6.04 Å². The number of hydrogen-bond acceptors (Lipinski definition) is 4. The van der Waals surface area contributed by atoms with Crippen LogP contribution in [0, 0.1) is 5.82 Å². The molecule has 0 bridgehead atoms. The van der Waals surface area contributed by atoms with Crippen molar-refractivity contribution in [2.45, 2.75) is 77.4 Å². The normalized spacial score (nSPS) is 13.9. The number of nitrogens with zero attached hydrogens (tertiary/aromatic N) is 1. The van der Waals surface area contributed by atoms with E-state index in [2.05, 4.69) is 5.32 Å². The third-order valence-corrected chi connectivity index (χ3v) is 7.47. The van der Waals surface area contributed by atoms with Gasteiger partial charge in [0.15, 0.2) is 11.5 Å². The molecule has 2 amide bonds. The van der Waals surface area contributed by atoms with Crippen LogP contribution in [0.3, 0.4) is 0 Å². The number of carbonyl (C=O) groups excluding carboxylic acids is 2. The number of nitrogens with one attached hydrogen (secondary N) is 1. The first-order valence-electron chi connectivity index (χ1n) is 14.7. The molecule has 3 aromatic rings. The quantitative estimate of drug-likeness (QED) is 0.253. The Labute approximate surface area is 242 Å². The van der Waals surface area contributed by atoms with E-state index in [1.807, 2.05) is 62.4 Å². The summed E-state index contributed by atoms with van der Waals surface area (Å²) < 4.78 is 25.1. The molecule has 218 valence electrons. The zero-order valence-electron chi connectivity index (χ0n) is 24.1. The molecule has 6 nitrogen and oxygen atoms in total. The van der Waals surface area contributed by atoms with Crippen LogP contribution in [0.2, 0.25) is 0 Å². The van der Waals surface area contributed by atoms with Gasteiger partial charge >= 0.3 is 0 Å². The van der Waals surface area contributed by atoms with Crippen LogP contribution in [0.15, 0.2) is 72.8 Å². The molecule has 0 radical (unpaired) electrons. The van der Waals surface area contributed by atoms with E-state index >= 15 is 0 Å². The molecule has 4 rings (SSSR count). The van der Waals surface area contributed by atoms with Crippen LogP contribution < -0.4 is 14.8 Å². The molecule has 41 heavy (non-hydrogen) atoms. The third-order valence-electron chi connectivity index (χ3n) is 7.47. The summed E-state index contributed by atoms with van der Waals surface area (Å²) in [7, 11) is 0. The molecular weight excluding hydrogens is 519 g/mol. The Morgan fingerprint density at radius 2 is 1.54 bits per heavy atom. The number of benzene rings is 3. The smallest absolute Gasteiger partial charge is 0.243 e. The fourth-order valence-corrected chi connectivity index (χ4v) is 5.35. The van der Waals surface area contributed by atoms with Crippen LogP contribution in [0.5, 0.6) is 11.5 Å². The highest BCUT2D eigenvalue weighted by Gasteiger charge is 2.32. The van der Waals surface area contributed by atoms with Gasteiger partial charge in [0, 0.05) is 25.4 Å². The van der Waals surface area contributed by atoms with Gasteiger partial charge in [-0.3, -0.25) is 9.59 Å². The summed E-state index contributed by atoms with van der Waals surface area (Å²) in [6.07, 6.45) is 5.18. The van der Waals surface area contributed by atoms with Crippen molar-refractivity contribution >= 4 is 11.8 Å². The molecule has 1 unspecified atom stereocenters. The lowest BCUT2D eigenvalue weighted by atomic mass is 10.0. The second-order valence-corrected chi connectivity index (χ2v) is 10.5. The van der Waals surface area contributed by atoms with Crippen molar-refractivity contribution in [1.29, 1.82) is 0 Å². The molecule has 0 aromatic heterocycles. The Balaban J connectivity index is 1.59. The molecule has 1 aliphatic rings. The first kappa shape index (κ1) is 30.1. The van der Waals surface area contributed by atoms with Crippen molar-refractivity contribution in [3.05, 3.63) is 95.3 Å². The van der Waals surface area contributed by atoms with Gasteiger partial charge in [-0.1, -0.05) is 61.4 Å². The maximum absolute atomic E-state index is 14.0. The molecule has 1 saturated carbocycles. The molecular formula is C34H41FN2O4. The minimum Gasteiger partial charge on any atom is -0.490 e. The molecule has 1 atom stereocenters. The summed E-state index contributed by atoms with van der Waals surface area (Å²) in [5.41, 5.74) is 2.69. The lowest BCUT2D eigenvalue weighted by Gasteiger charge is -2.32. The molecule has 3 aromatic carbocycles. The second kappa shape index (κ2) is 15.2. The van der Waals surface area contributed by atoms with Gasteiger partial charge in [0.2, 0.25) is 11.8 Å². The van der Waals surface area contributed by atoms with E-state index in [4.69, 9.17) is 9.47 Å². The van der Waals surface area contributed by atoms with Crippen molar-refractivity contribution in [3.63, 3.8) is 0 Å². The van der Waals surface area contributed by atoms with Gasteiger partial charge in [0.25, 0.3) is 0 Å². The van der Waals surface area contributed by atoms with E-state index in [0.29, 0.717) is 37.6 Å². The topological polar surface area (TPSA) is 67.9 Å². The molecule has 1 fully saturated rings. The number of rotatable bonds is 14. The van der Waals surface area contributed by atoms with Crippen LogP contribution in [-0.2, 0) is 29.0 Å². The summed E-state index contributed by atoms with van der Waals surface area (Å²) >= 11 is 0. The largest absolute Gasteiger partial charge is 0.490 e. The Morgan fingerprint density at radius 3 is 2.22 bits per heavy atom. The van der Waals surface area contributed by atoms with E-state index in [9.17, 15) is 14.0 Å². The highest BCUT2D eigenvalue weighted by molar-refractivity contribution is 5.88. The highest BCUT2D eigenvalue weighted by atomic mass is 19.1. The molecule has 0 aliphatic heterocycles. The summed E-state index contributed by atoms with van der Waals surface area (Å²) in [6.45, 7) is 5.09. The zero-order chi connectivity index (χ0) is 29.0. The van der Waals surface area contributed by atoms with Crippen molar-refractivity contribution < 1.29 is 23.5 Å². The van der Waals surface area contributed by atoms with Crippen LogP contribution in [-0.4, -0.2) is 42.0 Å². The molecule has 0 saturated heterocycles. The number of halogens is 1. The molecule has 1 aliphatic carbocycles. The maximum atomic E-state index is 14.0. The summed E-state index contributed by atoms with van der Waals surface area (Å²) in [5, 5.41) is 3.22. The fourth-order valence-electron chi connectivity index (χ4n) is 5.35. The monoisotopic (exact) mass is 560 g/mol. The minimum atomic E-state index is -0.699. The standard InChI is InChI=1S/C34H41FN2O4/c1-3-40-31-20-16-26(23-32(31)41-4-2)17-21-33(38)37(24-27-14-18-28(35)19-15-27)30(22-25-10-6-5-7-11-25)34(39)36-29-12-8-9-13-29/h5-7,10-11,14-16,18-20,23,29-30H,3-4,8-9,12-13,17,21-22,24H2,1-2H3,(H,36,39). The number of aryl methyl sites for hydroxylation is 1. The van der Waals surface area contributed by atoms with Gasteiger partial charge in [-0.2, -0.15) is 0 Å². The van der Waals surface area contributed by atoms with Crippen molar-refractivity contribution in [3.8, 4) is 11.5 Å². The van der Waals surface area contributed by atoms with Crippen LogP contribution in [0.25, 0.3) is 0 Å². The lowest BCUT2D eigenvalue weighted by Crippen LogP contribution is -2.52. The first-order valence-corrected chi connectivity index (χ1v) is 14.7. The Hall–Kier alpha value is -3.87. The van der Waals surface area contributed by atoms with Crippen molar-refractivity contribution in [2.24, 2.45) is 0 Å². The fraction of sp³-hybridized carbons (Fsp3) is 0.412. The Bertz CT molecular complexity index is 1260. The number of ether oxygens (including phenoxy) is 2. The Morgan fingerprint density at radius 1 is 0.878 bits per heavy atom. The summed E-state index contributed by atoms with van der Waals surface area (Å²) in [6, 6.07) is 21.1. The van der Waals surface area contributed by atoms with Gasteiger partial charge in [-0.25, -0.2) is 4.39 Å². The van der Waals surface area contributed by atoms with Gasteiger partial charge in [0.05, 0.1) is 13.2 Å². The van der Waals surface area contributed by atoms with Crippen molar-refractivity contribution in [2.75, 3.05) is 13.2 Å². The molecule has 7 heteroatoms. The zero-order valence-corrected chi connectivity index (χ0v) is 24.1. The first-order chi connectivity index (χ1) is 20.0. The summed E-state index contributed by atoms with van der Waals surface area (Å²) in [5.74, 6) is 0.709. The maximum Gasteiger partial charge on any atom is 0.243 e. The molecule has 0 spiro atoms. The second-order valence-electron chi connectivity index (χ2n) is 10.5. The van der Waals surface area contributed by atoms with Gasteiger partial charge in [-0.05, 0) is 74.1 Å². The summed E-state index contributed by atoms with van der Waals surface area (Å²) in [4.78, 5) is 29.4. The Kier molecular flexibility index (Phi) is 11.2.